The molecule has 3 nitrogen and oxygen atoms in total. The third kappa shape index (κ3) is 2.29. The first-order valence-corrected chi connectivity index (χ1v) is 5.91. The van der Waals surface area contributed by atoms with Crippen molar-refractivity contribution in [2.75, 3.05) is 5.73 Å². The van der Waals surface area contributed by atoms with Gasteiger partial charge in [-0.3, -0.25) is 4.68 Å². The SMILES string of the molecule is Cc1nn(Cc2ccc(Cl)cc2N)c(C)c1C. The summed E-state index contributed by atoms with van der Waals surface area (Å²) in [4.78, 5) is 0. The lowest BCUT2D eigenvalue weighted by molar-refractivity contribution is 0.659. The summed E-state index contributed by atoms with van der Waals surface area (Å²) < 4.78 is 1.98. The molecule has 0 spiro atoms. The molecule has 2 aromatic rings. The van der Waals surface area contributed by atoms with Crippen LogP contribution in [0.5, 0.6) is 0 Å². The Morgan fingerprint density at radius 3 is 2.53 bits per heavy atom. The van der Waals surface area contributed by atoms with Gasteiger partial charge in [-0.05, 0) is 44.0 Å². The molecule has 0 saturated heterocycles. The minimum atomic E-state index is 0.663. The van der Waals surface area contributed by atoms with Crippen molar-refractivity contribution >= 4 is 17.3 Å². The van der Waals surface area contributed by atoms with Crippen molar-refractivity contribution < 1.29 is 0 Å². The molecule has 0 saturated carbocycles. The predicted octanol–water partition coefficient (Wildman–Crippen LogP) is 3.09. The first kappa shape index (κ1) is 12.0. The van der Waals surface area contributed by atoms with Gasteiger partial charge >= 0.3 is 0 Å². The number of hydrogen-bond donors (Lipinski definition) is 1. The zero-order valence-corrected chi connectivity index (χ0v) is 11.0. The Morgan fingerprint density at radius 1 is 1.29 bits per heavy atom. The molecule has 1 aromatic heterocycles. The molecule has 1 aromatic carbocycles. The van der Waals surface area contributed by atoms with Crippen molar-refractivity contribution in [1.82, 2.24) is 9.78 Å². The van der Waals surface area contributed by atoms with Crippen LogP contribution in [0.4, 0.5) is 5.69 Å². The summed E-state index contributed by atoms with van der Waals surface area (Å²) in [5, 5.41) is 5.16. The van der Waals surface area contributed by atoms with Gasteiger partial charge < -0.3 is 5.73 Å². The Labute approximate surface area is 106 Å². The Kier molecular flexibility index (Phi) is 3.11. The van der Waals surface area contributed by atoms with E-state index >= 15 is 0 Å². The molecule has 2 N–H and O–H groups in total. The Hall–Kier alpha value is -1.48. The molecule has 0 aliphatic rings. The van der Waals surface area contributed by atoms with E-state index in [0.29, 0.717) is 17.3 Å². The highest BCUT2D eigenvalue weighted by Gasteiger charge is 2.09. The maximum Gasteiger partial charge on any atom is 0.0682 e. The molecule has 2 rings (SSSR count). The number of anilines is 1. The van der Waals surface area contributed by atoms with Crippen LogP contribution in [-0.2, 0) is 6.54 Å². The first-order chi connectivity index (χ1) is 7.99. The normalized spacial score (nSPS) is 10.8. The fourth-order valence-corrected chi connectivity index (χ4v) is 1.99. The van der Waals surface area contributed by atoms with Gasteiger partial charge in [-0.25, -0.2) is 0 Å². The molecule has 0 unspecified atom stereocenters. The number of halogens is 1. The highest BCUT2D eigenvalue weighted by atomic mass is 35.5. The lowest BCUT2D eigenvalue weighted by Gasteiger charge is -2.08. The quantitative estimate of drug-likeness (QED) is 0.832. The lowest BCUT2D eigenvalue weighted by Crippen LogP contribution is -2.06. The Balaban J connectivity index is 2.34. The topological polar surface area (TPSA) is 43.8 Å². The summed E-state index contributed by atoms with van der Waals surface area (Å²) in [6.45, 7) is 6.86. The van der Waals surface area contributed by atoms with Crippen molar-refractivity contribution in [1.29, 1.82) is 0 Å². The van der Waals surface area contributed by atoms with E-state index in [9.17, 15) is 0 Å². The number of nitrogen functional groups attached to an aromatic ring is 1. The van der Waals surface area contributed by atoms with Crippen LogP contribution in [0.15, 0.2) is 18.2 Å². The van der Waals surface area contributed by atoms with Crippen LogP contribution in [0.2, 0.25) is 5.02 Å². The van der Waals surface area contributed by atoms with Gasteiger partial charge in [0.05, 0.1) is 12.2 Å². The van der Waals surface area contributed by atoms with Gasteiger partial charge in [0.15, 0.2) is 0 Å². The highest BCUT2D eigenvalue weighted by molar-refractivity contribution is 6.30. The van der Waals surface area contributed by atoms with E-state index < -0.39 is 0 Å². The van der Waals surface area contributed by atoms with E-state index in [2.05, 4.69) is 18.9 Å². The van der Waals surface area contributed by atoms with E-state index in [1.807, 2.05) is 23.7 Å². The van der Waals surface area contributed by atoms with Crippen LogP contribution in [0.25, 0.3) is 0 Å². The Bertz CT molecular complexity index is 558. The maximum atomic E-state index is 5.94. The van der Waals surface area contributed by atoms with Gasteiger partial charge in [-0.1, -0.05) is 17.7 Å². The standard InChI is InChI=1S/C13H16ClN3/c1-8-9(2)16-17(10(8)3)7-11-4-5-12(14)6-13(11)15/h4-6H,7,15H2,1-3H3. The smallest absolute Gasteiger partial charge is 0.0682 e. The fraction of sp³-hybridized carbons (Fsp3) is 0.308. The number of nitrogens with zero attached hydrogens (tertiary/aromatic N) is 2. The van der Waals surface area contributed by atoms with Gasteiger partial charge in [0, 0.05) is 16.4 Å². The summed E-state index contributed by atoms with van der Waals surface area (Å²) in [6, 6.07) is 5.57. The average molecular weight is 250 g/mol. The molecule has 0 bridgehead atoms. The molecular weight excluding hydrogens is 234 g/mol. The van der Waals surface area contributed by atoms with E-state index in [1.54, 1.807) is 6.07 Å². The predicted molar refractivity (Wildman–Crippen MR) is 71.4 cm³/mol. The van der Waals surface area contributed by atoms with Gasteiger partial charge in [-0.15, -0.1) is 0 Å². The minimum Gasteiger partial charge on any atom is -0.398 e. The molecule has 1 heterocycles. The minimum absolute atomic E-state index is 0.663. The maximum absolute atomic E-state index is 5.94. The molecule has 0 amide bonds. The molecule has 17 heavy (non-hydrogen) atoms. The largest absolute Gasteiger partial charge is 0.398 e. The number of aromatic nitrogens is 2. The van der Waals surface area contributed by atoms with Crippen LogP contribution in [0.3, 0.4) is 0 Å². The number of aryl methyl sites for hydroxylation is 1. The fourth-order valence-electron chi connectivity index (χ4n) is 1.81. The molecule has 0 aliphatic heterocycles. The summed E-state index contributed by atoms with van der Waals surface area (Å²) in [5.41, 5.74) is 11.2. The molecule has 0 radical (unpaired) electrons. The number of nitrogens with two attached hydrogens (primary N) is 1. The van der Waals surface area contributed by atoms with E-state index in [-0.39, 0.29) is 0 Å². The van der Waals surface area contributed by atoms with E-state index in [4.69, 9.17) is 17.3 Å². The average Bonchev–Trinajstić information content (AvgIpc) is 2.50. The van der Waals surface area contributed by atoms with E-state index in [0.717, 1.165) is 11.3 Å². The third-order valence-electron chi connectivity index (χ3n) is 3.17. The van der Waals surface area contributed by atoms with Crippen LogP contribution in [0.1, 0.15) is 22.5 Å². The van der Waals surface area contributed by atoms with Crippen molar-refractivity contribution in [3.63, 3.8) is 0 Å². The molecule has 4 heteroatoms. The van der Waals surface area contributed by atoms with Crippen LogP contribution >= 0.6 is 11.6 Å². The van der Waals surface area contributed by atoms with Crippen LogP contribution in [0, 0.1) is 20.8 Å². The number of hydrogen-bond acceptors (Lipinski definition) is 2. The number of rotatable bonds is 2. The second kappa shape index (κ2) is 4.41. The van der Waals surface area contributed by atoms with E-state index in [1.165, 1.54) is 11.3 Å². The van der Waals surface area contributed by atoms with Crippen molar-refractivity contribution in [3.05, 3.63) is 45.7 Å². The van der Waals surface area contributed by atoms with Gasteiger partial charge in [-0.2, -0.15) is 5.10 Å². The third-order valence-corrected chi connectivity index (χ3v) is 3.41. The molecule has 0 aliphatic carbocycles. The second-order valence-electron chi connectivity index (χ2n) is 4.30. The van der Waals surface area contributed by atoms with Crippen molar-refractivity contribution in [3.8, 4) is 0 Å². The van der Waals surface area contributed by atoms with Crippen LogP contribution in [-0.4, -0.2) is 9.78 Å². The second-order valence-corrected chi connectivity index (χ2v) is 4.73. The monoisotopic (exact) mass is 249 g/mol. The summed E-state index contributed by atoms with van der Waals surface area (Å²) >= 11 is 5.88. The van der Waals surface area contributed by atoms with Crippen LogP contribution < -0.4 is 5.73 Å². The Morgan fingerprint density at radius 2 is 2.00 bits per heavy atom. The summed E-state index contributed by atoms with van der Waals surface area (Å²) in [5.74, 6) is 0. The van der Waals surface area contributed by atoms with Crippen molar-refractivity contribution in [2.45, 2.75) is 27.3 Å². The summed E-state index contributed by atoms with van der Waals surface area (Å²) in [7, 11) is 0. The molecular formula is C13H16ClN3. The zero-order chi connectivity index (χ0) is 12.6. The van der Waals surface area contributed by atoms with Gasteiger partial charge in [0.25, 0.3) is 0 Å². The molecule has 90 valence electrons. The highest BCUT2D eigenvalue weighted by Crippen LogP contribution is 2.20. The molecule has 0 atom stereocenters. The lowest BCUT2D eigenvalue weighted by atomic mass is 10.2. The van der Waals surface area contributed by atoms with Gasteiger partial charge in [0.2, 0.25) is 0 Å². The van der Waals surface area contributed by atoms with Gasteiger partial charge in [0.1, 0.15) is 0 Å². The molecule has 0 fully saturated rings. The summed E-state index contributed by atoms with van der Waals surface area (Å²) in [6.07, 6.45) is 0. The number of benzene rings is 1. The zero-order valence-electron chi connectivity index (χ0n) is 10.3. The first-order valence-electron chi connectivity index (χ1n) is 5.53. The van der Waals surface area contributed by atoms with Crippen molar-refractivity contribution in [2.24, 2.45) is 0 Å².